The summed E-state index contributed by atoms with van der Waals surface area (Å²) in [7, 11) is 0. The molecular formula is C39H26N2O. The van der Waals surface area contributed by atoms with E-state index in [4.69, 9.17) is 9.40 Å². The summed E-state index contributed by atoms with van der Waals surface area (Å²) >= 11 is 0. The highest BCUT2D eigenvalue weighted by Crippen LogP contribution is 2.42. The lowest BCUT2D eigenvalue weighted by molar-refractivity contribution is 0.668. The SMILES string of the molecule is c1ccc(-c2ccc(N(c3ccc4ccc(-c5ccccc5)cc4c3)c3nccc4oc5ccccc5c34)cc2)cc1. The summed E-state index contributed by atoms with van der Waals surface area (Å²) in [6.07, 6.45) is 1.83. The third kappa shape index (κ3) is 4.20. The minimum Gasteiger partial charge on any atom is -0.456 e. The van der Waals surface area contributed by atoms with Crippen molar-refractivity contribution < 1.29 is 4.42 Å². The molecule has 3 nitrogen and oxygen atoms in total. The van der Waals surface area contributed by atoms with Crippen LogP contribution in [0.1, 0.15) is 0 Å². The smallest absolute Gasteiger partial charge is 0.149 e. The lowest BCUT2D eigenvalue weighted by atomic mass is 10.0. The maximum atomic E-state index is 6.26. The van der Waals surface area contributed by atoms with Crippen LogP contribution in [0.15, 0.2) is 162 Å². The average molecular weight is 539 g/mol. The zero-order valence-corrected chi connectivity index (χ0v) is 22.8. The number of para-hydroxylation sites is 1. The van der Waals surface area contributed by atoms with Crippen molar-refractivity contribution in [3.05, 3.63) is 158 Å². The van der Waals surface area contributed by atoms with Crippen molar-refractivity contribution in [2.45, 2.75) is 0 Å². The molecule has 0 aliphatic rings. The second-order valence-electron chi connectivity index (χ2n) is 10.5. The molecule has 6 aromatic carbocycles. The molecule has 0 unspecified atom stereocenters. The highest BCUT2D eigenvalue weighted by atomic mass is 16.3. The van der Waals surface area contributed by atoms with Crippen LogP contribution in [0.25, 0.3) is 55.0 Å². The van der Waals surface area contributed by atoms with Crippen LogP contribution in [-0.2, 0) is 0 Å². The molecule has 0 N–H and O–H groups in total. The van der Waals surface area contributed by atoms with Gasteiger partial charge >= 0.3 is 0 Å². The first-order valence-corrected chi connectivity index (χ1v) is 14.1. The number of nitrogens with zero attached hydrogens (tertiary/aromatic N) is 2. The van der Waals surface area contributed by atoms with E-state index in [-0.39, 0.29) is 0 Å². The Morgan fingerprint density at radius 3 is 1.86 bits per heavy atom. The maximum absolute atomic E-state index is 6.26. The van der Waals surface area contributed by atoms with Gasteiger partial charge in [-0.1, -0.05) is 109 Å². The van der Waals surface area contributed by atoms with Gasteiger partial charge in [-0.3, -0.25) is 4.90 Å². The summed E-state index contributed by atoms with van der Waals surface area (Å²) in [6, 6.07) is 53.1. The predicted molar refractivity (Wildman–Crippen MR) is 175 cm³/mol. The van der Waals surface area contributed by atoms with E-state index in [1.54, 1.807) is 0 Å². The minimum atomic E-state index is 0.819. The van der Waals surface area contributed by atoms with Crippen molar-refractivity contribution in [2.75, 3.05) is 4.90 Å². The van der Waals surface area contributed by atoms with Gasteiger partial charge in [0, 0.05) is 23.0 Å². The van der Waals surface area contributed by atoms with Gasteiger partial charge < -0.3 is 4.42 Å². The van der Waals surface area contributed by atoms with Crippen LogP contribution in [0, 0.1) is 0 Å². The molecule has 0 amide bonds. The maximum Gasteiger partial charge on any atom is 0.149 e. The van der Waals surface area contributed by atoms with Gasteiger partial charge in [0.25, 0.3) is 0 Å². The molecule has 8 rings (SSSR count). The molecule has 198 valence electrons. The lowest BCUT2D eigenvalue weighted by Crippen LogP contribution is -2.12. The zero-order chi connectivity index (χ0) is 27.9. The number of benzene rings is 6. The van der Waals surface area contributed by atoms with Crippen LogP contribution in [0.4, 0.5) is 17.2 Å². The topological polar surface area (TPSA) is 29.3 Å². The Bertz CT molecular complexity index is 2180. The Kier molecular flexibility index (Phi) is 5.79. The molecule has 0 aliphatic heterocycles. The molecule has 2 aromatic heterocycles. The van der Waals surface area contributed by atoms with Crippen molar-refractivity contribution in [3.63, 3.8) is 0 Å². The predicted octanol–water partition coefficient (Wildman–Crippen LogP) is 10.9. The zero-order valence-electron chi connectivity index (χ0n) is 22.8. The molecule has 0 fully saturated rings. The van der Waals surface area contributed by atoms with Gasteiger partial charge in [-0.2, -0.15) is 0 Å². The molecule has 0 atom stereocenters. The highest BCUT2D eigenvalue weighted by molar-refractivity contribution is 6.12. The molecule has 2 heterocycles. The molecule has 0 saturated heterocycles. The van der Waals surface area contributed by atoms with E-state index in [0.717, 1.165) is 39.1 Å². The van der Waals surface area contributed by atoms with Gasteiger partial charge in [0.05, 0.1) is 5.39 Å². The Morgan fingerprint density at radius 1 is 0.452 bits per heavy atom. The van der Waals surface area contributed by atoms with Crippen LogP contribution >= 0.6 is 0 Å². The van der Waals surface area contributed by atoms with Crippen molar-refractivity contribution in [2.24, 2.45) is 0 Å². The van der Waals surface area contributed by atoms with E-state index in [1.807, 2.05) is 36.5 Å². The molecule has 0 spiro atoms. The molecule has 3 heteroatoms. The molecular weight excluding hydrogens is 512 g/mol. The Labute approximate surface area is 243 Å². The van der Waals surface area contributed by atoms with Crippen molar-refractivity contribution in [1.29, 1.82) is 0 Å². The monoisotopic (exact) mass is 538 g/mol. The van der Waals surface area contributed by atoms with Crippen molar-refractivity contribution in [1.82, 2.24) is 4.98 Å². The Hall–Kier alpha value is -5.67. The first kappa shape index (κ1) is 24.2. The van der Waals surface area contributed by atoms with Gasteiger partial charge in [0.2, 0.25) is 0 Å². The Balaban J connectivity index is 1.34. The summed E-state index contributed by atoms with van der Waals surface area (Å²) in [5, 5.41) is 4.41. The number of hydrogen-bond donors (Lipinski definition) is 0. The number of pyridine rings is 1. The lowest BCUT2D eigenvalue weighted by Gasteiger charge is -2.25. The first-order valence-electron chi connectivity index (χ1n) is 14.1. The second-order valence-corrected chi connectivity index (χ2v) is 10.5. The molecule has 0 saturated carbocycles. The van der Waals surface area contributed by atoms with Crippen molar-refractivity contribution in [3.8, 4) is 22.3 Å². The fourth-order valence-electron chi connectivity index (χ4n) is 5.83. The average Bonchev–Trinajstić information content (AvgIpc) is 3.45. The largest absolute Gasteiger partial charge is 0.456 e. The van der Waals surface area contributed by atoms with E-state index in [2.05, 4.69) is 126 Å². The summed E-state index contributed by atoms with van der Waals surface area (Å²) < 4.78 is 6.26. The van der Waals surface area contributed by atoms with Crippen LogP contribution in [0.2, 0.25) is 0 Å². The minimum absolute atomic E-state index is 0.819. The molecule has 0 bridgehead atoms. The Morgan fingerprint density at radius 2 is 1.07 bits per heavy atom. The number of rotatable bonds is 5. The fourth-order valence-corrected chi connectivity index (χ4v) is 5.83. The number of hydrogen-bond acceptors (Lipinski definition) is 3. The van der Waals surface area contributed by atoms with Gasteiger partial charge in [0.1, 0.15) is 17.0 Å². The molecule has 0 aliphatic carbocycles. The first-order chi connectivity index (χ1) is 20.8. The van der Waals surface area contributed by atoms with E-state index < -0.39 is 0 Å². The third-order valence-electron chi connectivity index (χ3n) is 7.90. The van der Waals surface area contributed by atoms with Crippen LogP contribution in [0.5, 0.6) is 0 Å². The van der Waals surface area contributed by atoms with E-state index >= 15 is 0 Å². The molecule has 42 heavy (non-hydrogen) atoms. The van der Waals surface area contributed by atoms with Crippen molar-refractivity contribution >= 4 is 49.9 Å². The number of furan rings is 1. The standard InChI is InChI=1S/C39H26N2O/c1-3-9-27(10-4-1)29-17-20-33(21-18-29)41(39-38-35-13-7-8-14-36(35)42-37(38)23-24-40-39)34-22-19-30-15-16-31(25-32(30)26-34)28-11-5-2-6-12-28/h1-26H. The number of fused-ring (bicyclic) bond motifs is 4. The van der Waals surface area contributed by atoms with Gasteiger partial charge in [0.15, 0.2) is 0 Å². The summed E-state index contributed by atoms with van der Waals surface area (Å²) in [6.45, 7) is 0. The van der Waals surface area contributed by atoms with E-state index in [0.29, 0.717) is 0 Å². The summed E-state index contributed by atoms with van der Waals surface area (Å²) in [5.74, 6) is 0.837. The summed E-state index contributed by atoms with van der Waals surface area (Å²) in [5.41, 5.74) is 8.49. The van der Waals surface area contributed by atoms with Crippen LogP contribution < -0.4 is 4.90 Å². The fraction of sp³-hybridized carbons (Fsp3) is 0. The van der Waals surface area contributed by atoms with Gasteiger partial charge in [-0.05, 0) is 75.5 Å². The van der Waals surface area contributed by atoms with Crippen LogP contribution in [-0.4, -0.2) is 4.98 Å². The van der Waals surface area contributed by atoms with E-state index in [9.17, 15) is 0 Å². The third-order valence-corrected chi connectivity index (χ3v) is 7.90. The van der Waals surface area contributed by atoms with E-state index in [1.165, 1.54) is 33.0 Å². The highest BCUT2D eigenvalue weighted by Gasteiger charge is 2.21. The normalized spacial score (nSPS) is 11.3. The number of anilines is 3. The van der Waals surface area contributed by atoms with Crippen LogP contribution in [0.3, 0.4) is 0 Å². The quantitative estimate of drug-likeness (QED) is 0.218. The van der Waals surface area contributed by atoms with Gasteiger partial charge in [-0.15, -0.1) is 0 Å². The molecule has 0 radical (unpaired) electrons. The van der Waals surface area contributed by atoms with Gasteiger partial charge in [-0.25, -0.2) is 4.98 Å². The second kappa shape index (κ2) is 10.1. The summed E-state index contributed by atoms with van der Waals surface area (Å²) in [4.78, 5) is 7.22. The molecule has 8 aromatic rings. The number of aromatic nitrogens is 1.